The highest BCUT2D eigenvalue weighted by molar-refractivity contribution is 9.10. The first kappa shape index (κ1) is 25.1. The van der Waals surface area contributed by atoms with Crippen LogP contribution in [0.15, 0.2) is 92.9 Å². The molecule has 4 aromatic rings. The first-order valence-electron chi connectivity index (χ1n) is 11.5. The first-order valence-corrected chi connectivity index (χ1v) is 12.3. The molecule has 0 aliphatic carbocycles. The van der Waals surface area contributed by atoms with Crippen molar-refractivity contribution in [3.05, 3.63) is 110 Å². The third-order valence-electron chi connectivity index (χ3n) is 5.70. The van der Waals surface area contributed by atoms with Gasteiger partial charge < -0.3 is 10.6 Å². The average molecular weight is 549 g/mol. The average Bonchev–Trinajstić information content (AvgIpc) is 2.88. The topological polar surface area (TPSA) is 102 Å². The highest BCUT2D eigenvalue weighted by Gasteiger charge is 2.16. The van der Waals surface area contributed by atoms with Crippen molar-refractivity contribution in [1.29, 1.82) is 0 Å². The number of nitrogens with one attached hydrogen (secondary N) is 2. The van der Waals surface area contributed by atoms with Crippen molar-refractivity contribution in [1.82, 2.24) is 14.5 Å². The van der Waals surface area contributed by atoms with Crippen molar-refractivity contribution >= 4 is 44.3 Å². The zero-order valence-corrected chi connectivity index (χ0v) is 21.0. The van der Waals surface area contributed by atoms with E-state index in [2.05, 4.69) is 26.6 Å². The van der Waals surface area contributed by atoms with Gasteiger partial charge in [-0.1, -0.05) is 58.4 Å². The number of halogens is 1. The van der Waals surface area contributed by atoms with E-state index in [-0.39, 0.29) is 25.4 Å². The molecule has 4 rings (SSSR count). The van der Waals surface area contributed by atoms with E-state index in [1.54, 1.807) is 48.5 Å². The van der Waals surface area contributed by atoms with E-state index < -0.39 is 17.2 Å². The summed E-state index contributed by atoms with van der Waals surface area (Å²) in [6, 6.07) is 23.5. The maximum Gasteiger partial charge on any atom is 0.331 e. The van der Waals surface area contributed by atoms with E-state index in [0.717, 1.165) is 14.6 Å². The summed E-state index contributed by atoms with van der Waals surface area (Å²) in [7, 11) is 0. The molecule has 3 aromatic carbocycles. The lowest BCUT2D eigenvalue weighted by Crippen LogP contribution is -2.42. The summed E-state index contributed by atoms with van der Waals surface area (Å²) in [4.78, 5) is 51.4. The molecule has 0 saturated heterocycles. The van der Waals surface area contributed by atoms with Gasteiger partial charge in [-0.2, -0.15) is 0 Å². The van der Waals surface area contributed by atoms with Gasteiger partial charge in [0, 0.05) is 29.7 Å². The number of carbonyl (C=O) groups excluding carboxylic acids is 2. The number of rotatable bonds is 9. The number of benzene rings is 3. The molecule has 0 saturated carbocycles. The second-order valence-corrected chi connectivity index (χ2v) is 9.15. The van der Waals surface area contributed by atoms with Crippen LogP contribution in [0.5, 0.6) is 0 Å². The Kier molecular flexibility index (Phi) is 8.12. The lowest BCUT2D eigenvalue weighted by Gasteiger charge is -2.14. The van der Waals surface area contributed by atoms with Crippen LogP contribution in [0.25, 0.3) is 10.9 Å². The fraction of sp³-hybridized carbons (Fsp3) is 0.185. The molecule has 0 fully saturated rings. The molecule has 9 heteroatoms. The zero-order valence-electron chi connectivity index (χ0n) is 19.4. The number of aromatic nitrogens is 2. The van der Waals surface area contributed by atoms with Gasteiger partial charge in [-0.3, -0.25) is 23.5 Å². The van der Waals surface area contributed by atoms with Crippen LogP contribution in [0.4, 0.5) is 5.69 Å². The molecule has 8 nitrogen and oxygen atoms in total. The van der Waals surface area contributed by atoms with Crippen LogP contribution >= 0.6 is 15.9 Å². The Hall–Kier alpha value is -3.98. The smallest absolute Gasteiger partial charge is 0.331 e. The lowest BCUT2D eigenvalue weighted by atomic mass is 10.1. The largest absolute Gasteiger partial charge is 0.356 e. The van der Waals surface area contributed by atoms with Crippen molar-refractivity contribution in [2.45, 2.75) is 25.9 Å². The Balaban J connectivity index is 1.49. The summed E-state index contributed by atoms with van der Waals surface area (Å²) in [6.07, 6.45) is 0.649. The zero-order chi connectivity index (χ0) is 25.5. The normalized spacial score (nSPS) is 10.8. The van der Waals surface area contributed by atoms with Gasteiger partial charge in [0.25, 0.3) is 5.56 Å². The highest BCUT2D eigenvalue weighted by atomic mass is 79.9. The quantitative estimate of drug-likeness (QED) is 0.335. The third kappa shape index (κ3) is 6.17. The second-order valence-electron chi connectivity index (χ2n) is 8.23. The van der Waals surface area contributed by atoms with E-state index in [4.69, 9.17) is 0 Å². The molecule has 184 valence electrons. The molecule has 1 aromatic heterocycles. The summed E-state index contributed by atoms with van der Waals surface area (Å²) in [6.45, 7) is 0.0862. The molecule has 0 aliphatic rings. The van der Waals surface area contributed by atoms with Crippen molar-refractivity contribution in [3.63, 3.8) is 0 Å². The molecule has 2 N–H and O–H groups in total. The summed E-state index contributed by atoms with van der Waals surface area (Å²) in [5.74, 6) is -0.668. The number of para-hydroxylation sites is 1. The summed E-state index contributed by atoms with van der Waals surface area (Å²) >= 11 is 3.35. The number of amides is 2. The fourth-order valence-corrected chi connectivity index (χ4v) is 4.16. The van der Waals surface area contributed by atoms with E-state index in [0.29, 0.717) is 29.6 Å². The van der Waals surface area contributed by atoms with Gasteiger partial charge in [0.15, 0.2) is 0 Å². The molecule has 0 aliphatic heterocycles. The highest BCUT2D eigenvalue weighted by Crippen LogP contribution is 2.14. The molecular weight excluding hydrogens is 524 g/mol. The summed E-state index contributed by atoms with van der Waals surface area (Å²) in [5, 5.41) is 5.89. The maximum atomic E-state index is 13.3. The Bertz CT molecular complexity index is 1490. The summed E-state index contributed by atoms with van der Waals surface area (Å²) < 4.78 is 3.16. The van der Waals surface area contributed by atoms with Gasteiger partial charge in [-0.25, -0.2) is 4.79 Å². The predicted octanol–water partition coefficient (Wildman–Crippen LogP) is 3.31. The van der Waals surface area contributed by atoms with Crippen molar-refractivity contribution in [2.24, 2.45) is 0 Å². The SMILES string of the molecule is O=C(CCn1c(=O)c2ccccc2n(CC(=O)Nc2ccc(Br)cc2)c1=O)NCCc1ccccc1. The molecule has 0 atom stereocenters. The minimum absolute atomic E-state index is 0.0344. The fourth-order valence-electron chi connectivity index (χ4n) is 3.89. The Labute approximate surface area is 215 Å². The van der Waals surface area contributed by atoms with E-state index >= 15 is 0 Å². The molecule has 0 spiro atoms. The van der Waals surface area contributed by atoms with Gasteiger partial charge in [-0.15, -0.1) is 0 Å². The molecular formula is C27H25BrN4O4. The minimum atomic E-state index is -0.637. The van der Waals surface area contributed by atoms with Crippen LogP contribution in [-0.2, 0) is 29.1 Å². The first-order chi connectivity index (χ1) is 17.4. The summed E-state index contributed by atoms with van der Waals surface area (Å²) in [5.41, 5.74) is 0.926. The second kappa shape index (κ2) is 11.6. The van der Waals surface area contributed by atoms with Gasteiger partial charge in [0.2, 0.25) is 11.8 Å². The number of hydrogen-bond donors (Lipinski definition) is 2. The third-order valence-corrected chi connectivity index (χ3v) is 6.23. The standard InChI is InChI=1S/C27H25BrN4O4/c28-20-10-12-21(13-11-20)30-25(34)18-32-23-9-5-4-8-22(23)26(35)31(27(32)36)17-15-24(33)29-16-14-19-6-2-1-3-7-19/h1-13H,14-18H2,(H,29,33)(H,30,34). The van der Waals surface area contributed by atoms with Gasteiger partial charge in [0.1, 0.15) is 6.54 Å². The molecule has 0 bridgehead atoms. The molecule has 1 heterocycles. The monoisotopic (exact) mass is 548 g/mol. The minimum Gasteiger partial charge on any atom is -0.356 e. The lowest BCUT2D eigenvalue weighted by molar-refractivity contribution is -0.121. The van der Waals surface area contributed by atoms with Crippen molar-refractivity contribution in [3.8, 4) is 0 Å². The number of hydrogen-bond acceptors (Lipinski definition) is 4. The molecule has 2 amide bonds. The van der Waals surface area contributed by atoms with Crippen LogP contribution in [0.3, 0.4) is 0 Å². The van der Waals surface area contributed by atoms with Crippen molar-refractivity contribution < 1.29 is 9.59 Å². The molecule has 0 radical (unpaired) electrons. The maximum absolute atomic E-state index is 13.3. The Morgan fingerprint density at radius 1 is 0.806 bits per heavy atom. The number of fused-ring (bicyclic) bond motifs is 1. The van der Waals surface area contributed by atoms with Gasteiger partial charge in [-0.05, 0) is 48.4 Å². The van der Waals surface area contributed by atoms with Crippen LogP contribution in [-0.4, -0.2) is 27.5 Å². The number of nitrogens with zero attached hydrogens (tertiary/aromatic N) is 2. The van der Waals surface area contributed by atoms with Crippen LogP contribution in [0, 0.1) is 0 Å². The van der Waals surface area contributed by atoms with Gasteiger partial charge in [0.05, 0.1) is 10.9 Å². The van der Waals surface area contributed by atoms with Crippen molar-refractivity contribution in [2.75, 3.05) is 11.9 Å². The molecule has 0 unspecified atom stereocenters. The van der Waals surface area contributed by atoms with Crippen LogP contribution < -0.4 is 21.9 Å². The predicted molar refractivity (Wildman–Crippen MR) is 143 cm³/mol. The van der Waals surface area contributed by atoms with E-state index in [1.165, 1.54) is 4.57 Å². The number of carbonyl (C=O) groups is 2. The van der Waals surface area contributed by atoms with Gasteiger partial charge >= 0.3 is 5.69 Å². The molecule has 36 heavy (non-hydrogen) atoms. The van der Waals surface area contributed by atoms with E-state index in [9.17, 15) is 19.2 Å². The number of anilines is 1. The van der Waals surface area contributed by atoms with Crippen LogP contribution in [0.1, 0.15) is 12.0 Å². The Morgan fingerprint density at radius 3 is 2.25 bits per heavy atom. The Morgan fingerprint density at radius 2 is 1.50 bits per heavy atom. The van der Waals surface area contributed by atoms with Crippen LogP contribution in [0.2, 0.25) is 0 Å². The van der Waals surface area contributed by atoms with E-state index in [1.807, 2.05) is 30.3 Å².